The quantitative estimate of drug-likeness (QED) is 0.717. The molecule has 25 heavy (non-hydrogen) atoms. The monoisotopic (exact) mass is 359 g/mol. The number of anilines is 1. The normalized spacial score (nSPS) is 12.4. The highest BCUT2D eigenvalue weighted by molar-refractivity contribution is 6.04. The third-order valence-corrected chi connectivity index (χ3v) is 3.11. The van der Waals surface area contributed by atoms with Crippen LogP contribution in [0.2, 0.25) is 0 Å². The van der Waals surface area contributed by atoms with Crippen molar-refractivity contribution in [3.05, 3.63) is 71.3 Å². The predicted octanol–water partition coefficient (Wildman–Crippen LogP) is 5.53. The topological polar surface area (TPSA) is 29.1 Å². The molecule has 8 heteroatoms. The van der Waals surface area contributed by atoms with Gasteiger partial charge in [-0.2, -0.15) is 26.3 Å². The number of carbonyl (C=O) groups is 1. The minimum absolute atomic E-state index is 0.0737. The van der Waals surface area contributed by atoms with Gasteiger partial charge >= 0.3 is 12.4 Å². The standard InChI is InChI=1S/C17H11F6NO/c18-16(19,20)10-9-11-1-3-12(4-2-11)15(25)24-14-7-5-13(6-8-14)17(21,22)23/h1-10H,(H,24,25). The molecule has 0 saturated heterocycles. The lowest BCUT2D eigenvalue weighted by atomic mass is 10.1. The van der Waals surface area contributed by atoms with Gasteiger partial charge in [0.2, 0.25) is 0 Å². The average Bonchev–Trinajstić information content (AvgIpc) is 2.52. The van der Waals surface area contributed by atoms with Gasteiger partial charge in [0.1, 0.15) is 0 Å². The van der Waals surface area contributed by atoms with Crippen molar-refractivity contribution in [3.8, 4) is 0 Å². The van der Waals surface area contributed by atoms with E-state index in [1.54, 1.807) is 0 Å². The van der Waals surface area contributed by atoms with E-state index in [9.17, 15) is 31.1 Å². The molecule has 2 aromatic carbocycles. The van der Waals surface area contributed by atoms with E-state index in [0.29, 0.717) is 0 Å². The van der Waals surface area contributed by atoms with Gasteiger partial charge < -0.3 is 5.32 Å². The summed E-state index contributed by atoms with van der Waals surface area (Å²) in [5, 5.41) is 2.41. The Kier molecular flexibility index (Phi) is 5.20. The molecule has 0 bridgehead atoms. The van der Waals surface area contributed by atoms with Crippen molar-refractivity contribution in [3.63, 3.8) is 0 Å². The zero-order valence-corrected chi connectivity index (χ0v) is 12.4. The molecule has 0 aliphatic rings. The third-order valence-electron chi connectivity index (χ3n) is 3.11. The molecule has 0 fully saturated rings. The molecule has 2 rings (SSSR count). The van der Waals surface area contributed by atoms with E-state index in [4.69, 9.17) is 0 Å². The summed E-state index contributed by atoms with van der Waals surface area (Å²) < 4.78 is 73.6. The van der Waals surface area contributed by atoms with E-state index < -0.39 is 23.8 Å². The second-order valence-corrected chi connectivity index (χ2v) is 5.03. The summed E-state index contributed by atoms with van der Waals surface area (Å²) in [5.74, 6) is -0.592. The summed E-state index contributed by atoms with van der Waals surface area (Å²) in [6, 6.07) is 9.17. The Labute approximate surface area is 138 Å². The summed E-state index contributed by atoms with van der Waals surface area (Å²) in [4.78, 5) is 12.0. The maximum atomic E-state index is 12.5. The van der Waals surface area contributed by atoms with Crippen LogP contribution in [0.15, 0.2) is 54.6 Å². The zero-order chi connectivity index (χ0) is 18.7. The highest BCUT2D eigenvalue weighted by Gasteiger charge is 2.30. The first kappa shape index (κ1) is 18.6. The van der Waals surface area contributed by atoms with Gasteiger partial charge in [-0.15, -0.1) is 0 Å². The Bertz CT molecular complexity index is 758. The van der Waals surface area contributed by atoms with E-state index in [-0.39, 0.29) is 22.9 Å². The molecule has 0 spiro atoms. The molecule has 132 valence electrons. The van der Waals surface area contributed by atoms with Gasteiger partial charge in [-0.3, -0.25) is 4.79 Å². The predicted molar refractivity (Wildman–Crippen MR) is 80.9 cm³/mol. The van der Waals surface area contributed by atoms with E-state index in [1.165, 1.54) is 24.3 Å². The van der Waals surface area contributed by atoms with Crippen LogP contribution in [0.1, 0.15) is 21.5 Å². The summed E-state index contributed by atoms with van der Waals surface area (Å²) in [5.41, 5.74) is -0.266. The summed E-state index contributed by atoms with van der Waals surface area (Å²) >= 11 is 0. The number of alkyl halides is 6. The van der Waals surface area contributed by atoms with Gasteiger partial charge in [0, 0.05) is 17.3 Å². The second-order valence-electron chi connectivity index (χ2n) is 5.03. The Morgan fingerprint density at radius 2 is 1.40 bits per heavy atom. The number of carbonyl (C=O) groups excluding carboxylic acids is 1. The fraction of sp³-hybridized carbons (Fsp3) is 0.118. The molecule has 2 nitrogen and oxygen atoms in total. The fourth-order valence-corrected chi connectivity index (χ4v) is 1.88. The van der Waals surface area contributed by atoms with Crippen molar-refractivity contribution in [2.75, 3.05) is 5.32 Å². The van der Waals surface area contributed by atoms with Crippen LogP contribution in [0.3, 0.4) is 0 Å². The Balaban J connectivity index is 2.05. The molecule has 0 atom stereocenters. The zero-order valence-electron chi connectivity index (χ0n) is 12.4. The number of hydrogen-bond acceptors (Lipinski definition) is 1. The summed E-state index contributed by atoms with van der Waals surface area (Å²) in [6.45, 7) is 0. The maximum absolute atomic E-state index is 12.5. The van der Waals surface area contributed by atoms with Crippen LogP contribution in [0.25, 0.3) is 6.08 Å². The van der Waals surface area contributed by atoms with E-state index in [0.717, 1.165) is 30.3 Å². The minimum Gasteiger partial charge on any atom is -0.322 e. The van der Waals surface area contributed by atoms with Crippen LogP contribution in [-0.2, 0) is 6.18 Å². The fourth-order valence-electron chi connectivity index (χ4n) is 1.88. The summed E-state index contributed by atoms with van der Waals surface area (Å²) in [6.07, 6.45) is -7.97. The Hall–Kier alpha value is -2.77. The smallest absolute Gasteiger partial charge is 0.322 e. The van der Waals surface area contributed by atoms with E-state index in [1.807, 2.05) is 0 Å². The molecule has 0 heterocycles. The SMILES string of the molecule is O=C(Nc1ccc(C(F)(F)F)cc1)c1ccc(C=CC(F)(F)F)cc1. The van der Waals surface area contributed by atoms with Crippen LogP contribution >= 0.6 is 0 Å². The highest BCUT2D eigenvalue weighted by Crippen LogP contribution is 2.29. The lowest BCUT2D eigenvalue weighted by molar-refractivity contribution is -0.137. The van der Waals surface area contributed by atoms with Gasteiger partial charge in [-0.05, 0) is 42.0 Å². The number of rotatable bonds is 3. The first-order valence-corrected chi connectivity index (χ1v) is 6.89. The molecule has 0 aliphatic heterocycles. The van der Waals surface area contributed by atoms with Gasteiger partial charge in [-0.25, -0.2) is 0 Å². The maximum Gasteiger partial charge on any atom is 0.416 e. The van der Waals surface area contributed by atoms with Crippen molar-refractivity contribution in [1.82, 2.24) is 0 Å². The van der Waals surface area contributed by atoms with Crippen LogP contribution in [0, 0.1) is 0 Å². The van der Waals surface area contributed by atoms with Gasteiger partial charge in [0.25, 0.3) is 5.91 Å². The largest absolute Gasteiger partial charge is 0.416 e. The molecular formula is C17H11F6NO. The van der Waals surface area contributed by atoms with Crippen molar-refractivity contribution in [2.45, 2.75) is 12.4 Å². The van der Waals surface area contributed by atoms with E-state index in [2.05, 4.69) is 5.32 Å². The lowest BCUT2D eigenvalue weighted by Crippen LogP contribution is -2.12. The Morgan fingerprint density at radius 3 is 1.88 bits per heavy atom. The number of allylic oxidation sites excluding steroid dienone is 1. The van der Waals surface area contributed by atoms with Crippen LogP contribution in [-0.4, -0.2) is 12.1 Å². The van der Waals surface area contributed by atoms with Crippen molar-refractivity contribution in [1.29, 1.82) is 0 Å². The minimum atomic E-state index is -4.47. The van der Waals surface area contributed by atoms with Crippen molar-refractivity contribution < 1.29 is 31.1 Å². The lowest BCUT2D eigenvalue weighted by Gasteiger charge is -2.09. The molecule has 0 saturated carbocycles. The molecule has 1 amide bonds. The van der Waals surface area contributed by atoms with Crippen molar-refractivity contribution >= 4 is 17.7 Å². The van der Waals surface area contributed by atoms with Crippen LogP contribution < -0.4 is 5.32 Å². The van der Waals surface area contributed by atoms with Crippen molar-refractivity contribution in [2.24, 2.45) is 0 Å². The van der Waals surface area contributed by atoms with Gasteiger partial charge in [0.05, 0.1) is 5.56 Å². The Morgan fingerprint density at radius 1 is 0.840 bits per heavy atom. The molecular weight excluding hydrogens is 348 g/mol. The average molecular weight is 359 g/mol. The van der Waals surface area contributed by atoms with Gasteiger partial charge in [-0.1, -0.05) is 18.2 Å². The van der Waals surface area contributed by atoms with Gasteiger partial charge in [0.15, 0.2) is 0 Å². The third kappa shape index (κ3) is 5.66. The highest BCUT2D eigenvalue weighted by atomic mass is 19.4. The summed E-state index contributed by atoms with van der Waals surface area (Å²) in [7, 11) is 0. The molecule has 0 unspecified atom stereocenters. The number of hydrogen-bond donors (Lipinski definition) is 1. The van der Waals surface area contributed by atoms with Crippen LogP contribution in [0.5, 0.6) is 0 Å². The molecule has 2 aromatic rings. The first-order chi connectivity index (χ1) is 11.5. The number of nitrogens with one attached hydrogen (secondary N) is 1. The number of amides is 1. The first-order valence-electron chi connectivity index (χ1n) is 6.89. The number of halogens is 6. The molecule has 0 aliphatic carbocycles. The van der Waals surface area contributed by atoms with E-state index >= 15 is 0 Å². The molecule has 0 radical (unpaired) electrons. The number of benzene rings is 2. The molecule has 1 N–H and O–H groups in total. The molecule has 0 aromatic heterocycles. The van der Waals surface area contributed by atoms with Crippen LogP contribution in [0.4, 0.5) is 32.0 Å². The second kappa shape index (κ2) is 7.00.